The predicted octanol–water partition coefficient (Wildman–Crippen LogP) is 1.74. The minimum atomic E-state index is -0.927. The van der Waals surface area contributed by atoms with Crippen LogP contribution in [0.15, 0.2) is 18.2 Å². The largest absolute Gasteiger partial charge is 0.478 e. The number of hydrogen-bond donors (Lipinski definition) is 2. The molecule has 1 saturated carbocycles. The monoisotopic (exact) mass is 288 g/mol. The van der Waals surface area contributed by atoms with Crippen molar-refractivity contribution < 1.29 is 14.7 Å². The van der Waals surface area contributed by atoms with Crippen LogP contribution in [0.25, 0.3) is 0 Å². The summed E-state index contributed by atoms with van der Waals surface area (Å²) in [7, 11) is 0. The summed E-state index contributed by atoms with van der Waals surface area (Å²) in [4.78, 5) is 25.4. The van der Waals surface area contributed by atoms with E-state index in [0.29, 0.717) is 13.1 Å². The summed E-state index contributed by atoms with van der Waals surface area (Å²) in [6.45, 7) is 1.12. The molecular weight excluding hydrogens is 268 g/mol. The number of rotatable bonds is 2. The first-order chi connectivity index (χ1) is 10.0. The standard InChI is InChI=1S/C16H20N2O3/c17-14-5-3-10(4-6-14)15(19)18-8-12-2-1-11(16(20)21)7-13(12)9-18/h1-2,7,10,14H,3-6,8-9,17H2,(H,20,21). The van der Waals surface area contributed by atoms with Crippen molar-refractivity contribution in [2.24, 2.45) is 11.7 Å². The van der Waals surface area contributed by atoms with E-state index in [-0.39, 0.29) is 23.4 Å². The number of amides is 1. The van der Waals surface area contributed by atoms with Crippen LogP contribution in [-0.4, -0.2) is 27.9 Å². The molecular formula is C16H20N2O3. The summed E-state index contributed by atoms with van der Waals surface area (Å²) in [6.07, 6.45) is 3.57. The van der Waals surface area contributed by atoms with E-state index in [2.05, 4.69) is 0 Å². The molecule has 1 heterocycles. The maximum atomic E-state index is 12.6. The van der Waals surface area contributed by atoms with Gasteiger partial charge in [0.25, 0.3) is 0 Å². The average Bonchev–Trinajstić information content (AvgIpc) is 2.90. The van der Waals surface area contributed by atoms with Crippen molar-refractivity contribution in [3.63, 3.8) is 0 Å². The quantitative estimate of drug-likeness (QED) is 0.868. The van der Waals surface area contributed by atoms with Gasteiger partial charge in [-0.05, 0) is 48.9 Å². The van der Waals surface area contributed by atoms with Gasteiger partial charge in [0.15, 0.2) is 0 Å². The number of carboxylic acids is 1. The molecule has 3 N–H and O–H groups in total. The molecule has 1 fully saturated rings. The zero-order valence-corrected chi connectivity index (χ0v) is 11.9. The normalized spacial score (nSPS) is 24.7. The van der Waals surface area contributed by atoms with E-state index < -0.39 is 5.97 Å². The fourth-order valence-corrected chi connectivity index (χ4v) is 3.31. The molecule has 0 unspecified atom stereocenters. The Labute approximate surface area is 123 Å². The summed E-state index contributed by atoms with van der Waals surface area (Å²) in [6, 6.07) is 5.35. The minimum Gasteiger partial charge on any atom is -0.478 e. The molecule has 5 heteroatoms. The molecule has 1 aliphatic carbocycles. The van der Waals surface area contributed by atoms with Crippen molar-refractivity contribution in [1.82, 2.24) is 4.90 Å². The molecule has 1 aliphatic heterocycles. The van der Waals surface area contributed by atoms with E-state index in [9.17, 15) is 9.59 Å². The summed E-state index contributed by atoms with van der Waals surface area (Å²) < 4.78 is 0. The van der Waals surface area contributed by atoms with Gasteiger partial charge in [0, 0.05) is 25.0 Å². The Kier molecular flexibility index (Phi) is 3.68. The molecule has 0 saturated heterocycles. The summed E-state index contributed by atoms with van der Waals surface area (Å²) >= 11 is 0. The van der Waals surface area contributed by atoms with Crippen LogP contribution in [0, 0.1) is 5.92 Å². The number of carbonyl (C=O) groups is 2. The van der Waals surface area contributed by atoms with Gasteiger partial charge in [-0.25, -0.2) is 4.79 Å². The van der Waals surface area contributed by atoms with Crippen molar-refractivity contribution in [2.75, 3.05) is 0 Å². The van der Waals surface area contributed by atoms with E-state index in [1.807, 2.05) is 11.0 Å². The number of nitrogens with zero attached hydrogens (tertiary/aromatic N) is 1. The molecule has 3 rings (SSSR count). The first kappa shape index (κ1) is 14.1. The van der Waals surface area contributed by atoms with Crippen molar-refractivity contribution in [3.05, 3.63) is 34.9 Å². The van der Waals surface area contributed by atoms with Crippen LogP contribution >= 0.6 is 0 Å². The zero-order chi connectivity index (χ0) is 15.0. The first-order valence-electron chi connectivity index (χ1n) is 7.44. The lowest BCUT2D eigenvalue weighted by molar-refractivity contribution is -0.137. The van der Waals surface area contributed by atoms with E-state index >= 15 is 0 Å². The van der Waals surface area contributed by atoms with Gasteiger partial charge in [0.05, 0.1) is 5.56 Å². The molecule has 112 valence electrons. The van der Waals surface area contributed by atoms with Crippen LogP contribution < -0.4 is 5.73 Å². The molecule has 0 atom stereocenters. The molecule has 0 radical (unpaired) electrons. The molecule has 2 aliphatic rings. The summed E-state index contributed by atoms with van der Waals surface area (Å²) in [5.41, 5.74) is 8.18. The number of aromatic carboxylic acids is 1. The van der Waals surface area contributed by atoms with Crippen molar-refractivity contribution in [2.45, 2.75) is 44.8 Å². The smallest absolute Gasteiger partial charge is 0.335 e. The van der Waals surface area contributed by atoms with Crippen LogP contribution in [0.3, 0.4) is 0 Å². The number of fused-ring (bicyclic) bond motifs is 1. The lowest BCUT2D eigenvalue weighted by Crippen LogP contribution is -2.36. The first-order valence-corrected chi connectivity index (χ1v) is 7.44. The molecule has 1 amide bonds. The van der Waals surface area contributed by atoms with Gasteiger partial charge >= 0.3 is 5.97 Å². The van der Waals surface area contributed by atoms with Gasteiger partial charge in [-0.15, -0.1) is 0 Å². The predicted molar refractivity (Wildman–Crippen MR) is 77.6 cm³/mol. The van der Waals surface area contributed by atoms with E-state index in [4.69, 9.17) is 10.8 Å². The van der Waals surface area contributed by atoms with E-state index in [0.717, 1.165) is 36.8 Å². The van der Waals surface area contributed by atoms with Crippen molar-refractivity contribution >= 4 is 11.9 Å². The third-order valence-electron chi connectivity index (χ3n) is 4.61. The second-order valence-electron chi connectivity index (χ2n) is 6.09. The molecule has 1 aromatic carbocycles. The number of benzene rings is 1. The van der Waals surface area contributed by atoms with Gasteiger partial charge in [0.2, 0.25) is 5.91 Å². The molecule has 5 nitrogen and oxygen atoms in total. The molecule has 1 aromatic rings. The third-order valence-corrected chi connectivity index (χ3v) is 4.61. The highest BCUT2D eigenvalue weighted by atomic mass is 16.4. The maximum absolute atomic E-state index is 12.6. The number of carbonyl (C=O) groups excluding carboxylic acids is 1. The van der Waals surface area contributed by atoms with Gasteiger partial charge in [-0.1, -0.05) is 6.07 Å². The molecule has 21 heavy (non-hydrogen) atoms. The summed E-state index contributed by atoms with van der Waals surface area (Å²) in [5, 5.41) is 9.03. The average molecular weight is 288 g/mol. The van der Waals surface area contributed by atoms with Crippen LogP contribution in [0.2, 0.25) is 0 Å². The molecule has 0 aromatic heterocycles. The Hall–Kier alpha value is -1.88. The maximum Gasteiger partial charge on any atom is 0.335 e. The number of carboxylic acid groups (broad SMARTS) is 1. The third kappa shape index (κ3) is 2.78. The number of nitrogens with two attached hydrogens (primary N) is 1. The number of hydrogen-bond acceptors (Lipinski definition) is 3. The van der Waals surface area contributed by atoms with Crippen LogP contribution in [0.5, 0.6) is 0 Å². The SMILES string of the molecule is NC1CCC(C(=O)N2Cc3ccc(C(=O)O)cc3C2)CC1. The topological polar surface area (TPSA) is 83.6 Å². The Bertz CT molecular complexity index is 577. The zero-order valence-electron chi connectivity index (χ0n) is 11.9. The van der Waals surface area contributed by atoms with Crippen molar-refractivity contribution in [3.8, 4) is 0 Å². The fraction of sp³-hybridized carbons (Fsp3) is 0.500. The van der Waals surface area contributed by atoms with E-state index in [1.165, 1.54) is 0 Å². The van der Waals surface area contributed by atoms with Gasteiger partial charge in [-0.2, -0.15) is 0 Å². The second kappa shape index (κ2) is 5.48. The summed E-state index contributed by atoms with van der Waals surface area (Å²) in [5.74, 6) is -0.656. The lowest BCUT2D eigenvalue weighted by Gasteiger charge is -2.28. The second-order valence-corrected chi connectivity index (χ2v) is 6.09. The Morgan fingerprint density at radius 1 is 1.10 bits per heavy atom. The Morgan fingerprint density at radius 2 is 1.76 bits per heavy atom. The molecule has 0 bridgehead atoms. The highest BCUT2D eigenvalue weighted by molar-refractivity contribution is 5.88. The van der Waals surface area contributed by atoms with Crippen LogP contribution in [0.4, 0.5) is 0 Å². The minimum absolute atomic E-state index is 0.0815. The highest BCUT2D eigenvalue weighted by Crippen LogP contribution is 2.30. The van der Waals surface area contributed by atoms with Gasteiger partial charge < -0.3 is 15.7 Å². The van der Waals surface area contributed by atoms with Crippen LogP contribution in [-0.2, 0) is 17.9 Å². The highest BCUT2D eigenvalue weighted by Gasteiger charge is 2.31. The Balaban J connectivity index is 1.69. The van der Waals surface area contributed by atoms with Crippen LogP contribution in [0.1, 0.15) is 47.2 Å². The van der Waals surface area contributed by atoms with E-state index in [1.54, 1.807) is 12.1 Å². The lowest BCUT2D eigenvalue weighted by atomic mass is 9.85. The van der Waals surface area contributed by atoms with Gasteiger partial charge in [-0.3, -0.25) is 4.79 Å². The van der Waals surface area contributed by atoms with Gasteiger partial charge in [0.1, 0.15) is 0 Å². The van der Waals surface area contributed by atoms with Crippen molar-refractivity contribution in [1.29, 1.82) is 0 Å². The Morgan fingerprint density at radius 3 is 2.43 bits per heavy atom. The molecule has 0 spiro atoms. The fourth-order valence-electron chi connectivity index (χ4n) is 3.31.